The number of esters is 1. The number of carbonyl (C=O) groups is 2. The first-order chi connectivity index (χ1) is 20.0. The van der Waals surface area contributed by atoms with E-state index in [0.717, 1.165) is 30.8 Å². The molecule has 0 aromatic heterocycles. The number of carbonyl (C=O) groups excluding carboxylic acids is 1. The van der Waals surface area contributed by atoms with Gasteiger partial charge < -0.3 is 25.2 Å². The molecule has 0 spiro atoms. The minimum Gasteiger partial charge on any atom is -0.494 e. The Hall–Kier alpha value is -4.62. The van der Waals surface area contributed by atoms with Gasteiger partial charge in [-0.05, 0) is 80.3 Å². The van der Waals surface area contributed by atoms with Crippen molar-refractivity contribution in [1.82, 2.24) is 5.32 Å². The van der Waals surface area contributed by atoms with Crippen LogP contribution in [0.3, 0.4) is 0 Å². The zero-order valence-corrected chi connectivity index (χ0v) is 23.2. The average Bonchev–Trinajstić information content (AvgIpc) is 2.99. The van der Waals surface area contributed by atoms with Crippen LogP contribution in [0.15, 0.2) is 103 Å². The third-order valence-corrected chi connectivity index (χ3v) is 6.55. The number of ether oxygens (including phenoxy) is 2. The SMILES string of the molecule is Cc1cccc(CNCCCOc2ccc(CCC(Nc3ccccc3OC(=O)c3ccccc3)C(=O)O)cc2)c1. The molecule has 1 atom stereocenters. The molecule has 4 aromatic carbocycles. The number of anilines is 1. The zero-order chi connectivity index (χ0) is 28.9. The van der Waals surface area contributed by atoms with E-state index >= 15 is 0 Å². The number of carboxylic acids is 1. The van der Waals surface area contributed by atoms with Gasteiger partial charge >= 0.3 is 11.9 Å². The molecule has 7 heteroatoms. The van der Waals surface area contributed by atoms with Gasteiger partial charge in [0.1, 0.15) is 11.8 Å². The van der Waals surface area contributed by atoms with Crippen LogP contribution in [0.25, 0.3) is 0 Å². The van der Waals surface area contributed by atoms with Gasteiger partial charge in [0.05, 0.1) is 17.9 Å². The molecule has 0 heterocycles. The van der Waals surface area contributed by atoms with E-state index in [9.17, 15) is 14.7 Å². The third kappa shape index (κ3) is 9.51. The van der Waals surface area contributed by atoms with Crippen LogP contribution in [-0.2, 0) is 17.8 Å². The standard InChI is InChI=1S/C34H36N2O5/c1-25-9-7-10-27(23-25)24-35-21-8-22-40-29-18-15-26(16-19-29)17-20-31(33(37)38)36-30-13-5-6-14-32(30)41-34(39)28-11-3-2-4-12-28/h2-7,9-16,18-19,23,31,35-36H,8,17,20-22,24H2,1H3,(H,37,38). The summed E-state index contributed by atoms with van der Waals surface area (Å²) in [5.41, 5.74) is 4.41. The molecule has 0 aliphatic carbocycles. The van der Waals surface area contributed by atoms with Crippen LogP contribution >= 0.6 is 0 Å². The van der Waals surface area contributed by atoms with E-state index in [4.69, 9.17) is 9.47 Å². The molecule has 4 rings (SSSR count). The van der Waals surface area contributed by atoms with E-state index in [1.54, 1.807) is 48.5 Å². The zero-order valence-electron chi connectivity index (χ0n) is 23.2. The minimum absolute atomic E-state index is 0.277. The van der Waals surface area contributed by atoms with E-state index in [0.29, 0.717) is 30.7 Å². The second kappa shape index (κ2) is 15.2. The number of nitrogens with one attached hydrogen (secondary N) is 2. The van der Waals surface area contributed by atoms with Gasteiger partial charge in [-0.3, -0.25) is 0 Å². The molecule has 1 unspecified atom stereocenters. The Morgan fingerprint density at radius 1 is 0.854 bits per heavy atom. The number of aliphatic carboxylic acids is 1. The van der Waals surface area contributed by atoms with Crippen molar-refractivity contribution in [1.29, 1.82) is 0 Å². The summed E-state index contributed by atoms with van der Waals surface area (Å²) < 4.78 is 11.4. The van der Waals surface area contributed by atoms with Gasteiger partial charge in [-0.15, -0.1) is 0 Å². The summed E-state index contributed by atoms with van der Waals surface area (Å²) in [6, 6.07) is 30.9. The molecule has 0 bridgehead atoms. The van der Waals surface area contributed by atoms with Crippen molar-refractivity contribution in [3.05, 3.63) is 125 Å². The normalized spacial score (nSPS) is 11.4. The molecule has 0 amide bonds. The molecular formula is C34H36N2O5. The minimum atomic E-state index is -0.981. The predicted octanol–water partition coefficient (Wildman–Crippen LogP) is 6.27. The van der Waals surface area contributed by atoms with Crippen molar-refractivity contribution >= 4 is 17.6 Å². The highest BCUT2D eigenvalue weighted by Crippen LogP contribution is 2.26. The Morgan fingerprint density at radius 2 is 1.61 bits per heavy atom. The molecule has 0 saturated carbocycles. The third-order valence-electron chi connectivity index (χ3n) is 6.55. The van der Waals surface area contributed by atoms with Crippen molar-refractivity contribution in [3.8, 4) is 11.5 Å². The lowest BCUT2D eigenvalue weighted by Crippen LogP contribution is -2.30. The summed E-state index contributed by atoms with van der Waals surface area (Å²) in [6.07, 6.45) is 1.80. The van der Waals surface area contributed by atoms with Crippen molar-refractivity contribution in [2.24, 2.45) is 0 Å². The maximum absolute atomic E-state index is 12.5. The molecule has 41 heavy (non-hydrogen) atoms. The smallest absolute Gasteiger partial charge is 0.343 e. The van der Waals surface area contributed by atoms with Gasteiger partial charge in [0.25, 0.3) is 0 Å². The highest BCUT2D eigenvalue weighted by molar-refractivity contribution is 5.92. The van der Waals surface area contributed by atoms with Gasteiger partial charge in [0.2, 0.25) is 0 Å². The first-order valence-corrected chi connectivity index (χ1v) is 13.8. The lowest BCUT2D eigenvalue weighted by Gasteiger charge is -2.18. The van der Waals surface area contributed by atoms with Crippen molar-refractivity contribution in [3.63, 3.8) is 0 Å². The number of para-hydroxylation sites is 2. The Labute approximate surface area is 241 Å². The van der Waals surface area contributed by atoms with Crippen LogP contribution in [0.2, 0.25) is 0 Å². The maximum atomic E-state index is 12.5. The van der Waals surface area contributed by atoms with Crippen molar-refractivity contribution in [2.45, 2.75) is 38.8 Å². The van der Waals surface area contributed by atoms with Crippen molar-refractivity contribution < 1.29 is 24.2 Å². The highest BCUT2D eigenvalue weighted by Gasteiger charge is 2.20. The molecule has 3 N–H and O–H groups in total. The molecule has 0 aliphatic rings. The fourth-order valence-corrected chi connectivity index (χ4v) is 4.36. The number of aryl methyl sites for hydroxylation is 2. The van der Waals surface area contributed by atoms with Gasteiger partial charge in [-0.2, -0.15) is 0 Å². The Morgan fingerprint density at radius 3 is 2.37 bits per heavy atom. The van der Waals surface area contributed by atoms with Gasteiger partial charge in [0, 0.05) is 6.54 Å². The van der Waals surface area contributed by atoms with E-state index < -0.39 is 18.0 Å². The second-order valence-corrected chi connectivity index (χ2v) is 9.84. The summed E-state index contributed by atoms with van der Waals surface area (Å²) in [7, 11) is 0. The Bertz CT molecular complexity index is 1410. The van der Waals surface area contributed by atoms with Crippen LogP contribution in [0.1, 0.15) is 39.9 Å². The first kappa shape index (κ1) is 29.4. The van der Waals surface area contributed by atoms with E-state index in [-0.39, 0.29) is 5.75 Å². The summed E-state index contributed by atoms with van der Waals surface area (Å²) in [5.74, 6) is -0.424. The fraction of sp³-hybridized carbons (Fsp3) is 0.235. The van der Waals surface area contributed by atoms with Gasteiger partial charge in [0.15, 0.2) is 5.75 Å². The Balaban J connectivity index is 1.22. The summed E-state index contributed by atoms with van der Waals surface area (Å²) in [5, 5.41) is 16.3. The van der Waals surface area contributed by atoms with Crippen LogP contribution in [0, 0.1) is 6.92 Å². The van der Waals surface area contributed by atoms with Gasteiger partial charge in [-0.1, -0.05) is 72.3 Å². The van der Waals surface area contributed by atoms with E-state index in [1.807, 2.05) is 30.3 Å². The number of carboxylic acid groups (broad SMARTS) is 1. The highest BCUT2D eigenvalue weighted by atomic mass is 16.5. The molecule has 0 fully saturated rings. The molecular weight excluding hydrogens is 516 g/mol. The van der Waals surface area contributed by atoms with Gasteiger partial charge in [-0.25, -0.2) is 9.59 Å². The maximum Gasteiger partial charge on any atom is 0.343 e. The fourth-order valence-electron chi connectivity index (χ4n) is 4.36. The summed E-state index contributed by atoms with van der Waals surface area (Å²) in [6.45, 7) is 4.41. The number of hydrogen-bond donors (Lipinski definition) is 3. The predicted molar refractivity (Wildman–Crippen MR) is 161 cm³/mol. The number of hydrogen-bond acceptors (Lipinski definition) is 6. The van der Waals surface area contributed by atoms with Crippen LogP contribution in [0.5, 0.6) is 11.5 Å². The largest absolute Gasteiger partial charge is 0.494 e. The second-order valence-electron chi connectivity index (χ2n) is 9.84. The van der Waals surface area contributed by atoms with Crippen LogP contribution in [0.4, 0.5) is 5.69 Å². The first-order valence-electron chi connectivity index (χ1n) is 13.8. The molecule has 212 valence electrons. The Kier molecular flexibility index (Phi) is 10.9. The topological polar surface area (TPSA) is 96.9 Å². The lowest BCUT2D eigenvalue weighted by molar-refractivity contribution is -0.138. The molecule has 4 aromatic rings. The number of rotatable bonds is 15. The monoisotopic (exact) mass is 552 g/mol. The molecule has 7 nitrogen and oxygen atoms in total. The molecule has 0 radical (unpaired) electrons. The van der Waals surface area contributed by atoms with Crippen LogP contribution in [-0.4, -0.2) is 36.2 Å². The average molecular weight is 553 g/mol. The lowest BCUT2D eigenvalue weighted by atomic mass is 10.0. The van der Waals surface area contributed by atoms with Crippen molar-refractivity contribution in [2.75, 3.05) is 18.5 Å². The van der Waals surface area contributed by atoms with E-state index in [2.05, 4.69) is 41.8 Å². The van der Waals surface area contributed by atoms with Crippen LogP contribution < -0.4 is 20.1 Å². The quantitative estimate of drug-likeness (QED) is 0.0908. The van der Waals surface area contributed by atoms with E-state index in [1.165, 1.54) is 11.1 Å². The summed E-state index contributed by atoms with van der Waals surface area (Å²) in [4.78, 5) is 24.5. The summed E-state index contributed by atoms with van der Waals surface area (Å²) >= 11 is 0. The number of benzene rings is 4. The molecule has 0 saturated heterocycles. The molecule has 0 aliphatic heterocycles.